The molecule has 5 nitrogen and oxygen atoms in total. The zero-order chi connectivity index (χ0) is 20.1. The summed E-state index contributed by atoms with van der Waals surface area (Å²) >= 11 is 1.66. The van der Waals surface area contributed by atoms with Crippen molar-refractivity contribution in [2.24, 2.45) is 0 Å². The van der Waals surface area contributed by atoms with Crippen LogP contribution >= 0.6 is 11.3 Å². The summed E-state index contributed by atoms with van der Waals surface area (Å²) < 4.78 is 5.22. The second-order valence-corrected chi connectivity index (χ2v) is 8.53. The predicted octanol–water partition coefficient (Wildman–Crippen LogP) is 3.95. The molecule has 2 amide bonds. The van der Waals surface area contributed by atoms with Gasteiger partial charge in [0.15, 0.2) is 0 Å². The molecule has 1 aromatic heterocycles. The van der Waals surface area contributed by atoms with Crippen LogP contribution in [0.5, 0.6) is 5.75 Å². The third kappa shape index (κ3) is 4.73. The van der Waals surface area contributed by atoms with Gasteiger partial charge in [0.05, 0.1) is 13.2 Å². The Morgan fingerprint density at radius 3 is 2.64 bits per heavy atom. The van der Waals surface area contributed by atoms with Crippen molar-refractivity contribution in [2.75, 3.05) is 14.2 Å². The number of hydrogen-bond acceptors (Lipinski definition) is 4. The Hall–Kier alpha value is -2.34. The van der Waals surface area contributed by atoms with Gasteiger partial charge in [-0.1, -0.05) is 18.2 Å². The molecule has 2 heterocycles. The Balaban J connectivity index is 1.65. The van der Waals surface area contributed by atoms with Crippen molar-refractivity contribution < 1.29 is 14.3 Å². The predicted molar refractivity (Wildman–Crippen MR) is 112 cm³/mol. The molecule has 2 atom stereocenters. The highest BCUT2D eigenvalue weighted by atomic mass is 32.1. The number of thiophene rings is 1. The van der Waals surface area contributed by atoms with Gasteiger partial charge in [0.2, 0.25) is 11.8 Å². The van der Waals surface area contributed by atoms with Gasteiger partial charge in [-0.15, -0.1) is 11.3 Å². The molecule has 1 fully saturated rings. The molecule has 2 unspecified atom stereocenters. The van der Waals surface area contributed by atoms with Crippen molar-refractivity contribution in [3.63, 3.8) is 0 Å². The highest BCUT2D eigenvalue weighted by Gasteiger charge is 2.38. The van der Waals surface area contributed by atoms with Gasteiger partial charge in [0.1, 0.15) is 5.75 Å². The van der Waals surface area contributed by atoms with Crippen LogP contribution in [0.1, 0.15) is 49.1 Å². The third-order valence-corrected chi connectivity index (χ3v) is 6.73. The van der Waals surface area contributed by atoms with Crippen LogP contribution in [0, 0.1) is 0 Å². The maximum atomic E-state index is 12.8. The summed E-state index contributed by atoms with van der Waals surface area (Å²) in [6.07, 6.45) is 3.06. The first kappa shape index (κ1) is 20.4. The van der Waals surface area contributed by atoms with Gasteiger partial charge in [-0.3, -0.25) is 9.59 Å². The number of ether oxygens (including phenoxy) is 1. The van der Waals surface area contributed by atoms with Crippen LogP contribution in [0.15, 0.2) is 41.8 Å². The minimum Gasteiger partial charge on any atom is -0.497 e. The highest BCUT2D eigenvalue weighted by molar-refractivity contribution is 7.10. The van der Waals surface area contributed by atoms with Crippen LogP contribution < -0.4 is 10.1 Å². The van der Waals surface area contributed by atoms with Gasteiger partial charge in [0.25, 0.3) is 0 Å². The average molecular weight is 401 g/mol. The van der Waals surface area contributed by atoms with Gasteiger partial charge in [0, 0.05) is 30.3 Å². The van der Waals surface area contributed by atoms with Gasteiger partial charge in [-0.2, -0.15) is 0 Å². The van der Waals surface area contributed by atoms with Crippen LogP contribution in [0.2, 0.25) is 0 Å². The van der Waals surface area contributed by atoms with E-state index in [0.717, 1.165) is 24.2 Å². The summed E-state index contributed by atoms with van der Waals surface area (Å²) in [7, 11) is 3.50. The van der Waals surface area contributed by atoms with E-state index in [4.69, 9.17) is 4.74 Å². The van der Waals surface area contributed by atoms with Crippen LogP contribution in [0.4, 0.5) is 0 Å². The zero-order valence-electron chi connectivity index (χ0n) is 16.7. The molecule has 1 aliphatic heterocycles. The Kier molecular flexibility index (Phi) is 6.39. The Morgan fingerprint density at radius 1 is 1.32 bits per heavy atom. The number of benzene rings is 1. The molecule has 0 bridgehead atoms. The van der Waals surface area contributed by atoms with Gasteiger partial charge < -0.3 is 15.0 Å². The molecule has 0 saturated carbocycles. The number of hydrogen-bond donors (Lipinski definition) is 1. The maximum absolute atomic E-state index is 12.8. The number of nitrogens with one attached hydrogen (secondary N) is 1. The fourth-order valence-electron chi connectivity index (χ4n) is 3.77. The quantitative estimate of drug-likeness (QED) is 0.730. The summed E-state index contributed by atoms with van der Waals surface area (Å²) in [6.45, 7) is 2.05. The van der Waals surface area contributed by atoms with Crippen LogP contribution in [0.3, 0.4) is 0 Å². The molecule has 0 aliphatic carbocycles. The average Bonchev–Trinajstić information content (AvgIpc) is 3.36. The van der Waals surface area contributed by atoms with Crippen LogP contribution in [-0.4, -0.2) is 36.4 Å². The van der Waals surface area contributed by atoms with Gasteiger partial charge in [-0.25, -0.2) is 0 Å². The largest absolute Gasteiger partial charge is 0.497 e. The maximum Gasteiger partial charge on any atom is 0.222 e. The monoisotopic (exact) mass is 400 g/mol. The lowest BCUT2D eigenvalue weighted by Gasteiger charge is -2.31. The molecular formula is C22H28N2O3S. The van der Waals surface area contributed by atoms with Crippen molar-refractivity contribution in [3.8, 4) is 5.75 Å². The molecular weight excluding hydrogens is 372 g/mol. The molecule has 28 heavy (non-hydrogen) atoms. The first-order valence-electron chi connectivity index (χ1n) is 9.65. The lowest BCUT2D eigenvalue weighted by molar-refractivity contribution is -0.132. The molecule has 0 radical (unpaired) electrons. The van der Waals surface area contributed by atoms with E-state index in [1.807, 2.05) is 54.6 Å². The van der Waals surface area contributed by atoms with Crippen molar-refractivity contribution in [3.05, 3.63) is 52.2 Å². The molecule has 2 aromatic rings. The third-order valence-electron chi connectivity index (χ3n) is 5.68. The fraction of sp³-hybridized carbons (Fsp3) is 0.455. The summed E-state index contributed by atoms with van der Waals surface area (Å²) in [5.74, 6) is 0.991. The van der Waals surface area contributed by atoms with E-state index in [1.54, 1.807) is 18.4 Å². The van der Waals surface area contributed by atoms with Crippen molar-refractivity contribution in [1.82, 2.24) is 10.2 Å². The summed E-state index contributed by atoms with van der Waals surface area (Å²) in [5.41, 5.74) is 0.782. The minimum absolute atomic E-state index is 0.0585. The normalized spacial score (nSPS) is 19.9. The van der Waals surface area contributed by atoms with Crippen LogP contribution in [-0.2, 0) is 16.0 Å². The number of nitrogens with zero attached hydrogens (tertiary/aromatic N) is 1. The lowest BCUT2D eigenvalue weighted by Crippen LogP contribution is -2.44. The van der Waals surface area contributed by atoms with Gasteiger partial charge >= 0.3 is 0 Å². The lowest BCUT2D eigenvalue weighted by atomic mass is 9.85. The Labute approximate surface area is 170 Å². The summed E-state index contributed by atoms with van der Waals surface area (Å²) in [5, 5.41) is 5.19. The second kappa shape index (κ2) is 8.78. The molecule has 1 saturated heterocycles. The van der Waals surface area contributed by atoms with E-state index in [0.29, 0.717) is 19.3 Å². The first-order valence-corrected chi connectivity index (χ1v) is 10.5. The van der Waals surface area contributed by atoms with E-state index < -0.39 is 0 Å². The second-order valence-electron chi connectivity index (χ2n) is 7.55. The standard InChI is InChI=1S/C22H28N2O3S/c1-16(19-5-4-14-28-19)24(2)21(26)11-13-22(12-10-20(25)23-22)15-17-6-8-18(27-3)9-7-17/h4-9,14,16H,10-13,15H2,1-3H3,(H,23,25). The highest BCUT2D eigenvalue weighted by Crippen LogP contribution is 2.31. The topological polar surface area (TPSA) is 58.6 Å². The van der Waals surface area contributed by atoms with Crippen molar-refractivity contribution >= 4 is 23.2 Å². The first-order chi connectivity index (χ1) is 13.4. The van der Waals surface area contributed by atoms with E-state index in [2.05, 4.69) is 11.4 Å². The number of carbonyl (C=O) groups excluding carboxylic acids is 2. The molecule has 0 spiro atoms. The van der Waals surface area contributed by atoms with E-state index in [9.17, 15) is 9.59 Å². The number of rotatable bonds is 8. The Morgan fingerprint density at radius 2 is 2.07 bits per heavy atom. The fourth-order valence-corrected chi connectivity index (χ4v) is 4.60. The van der Waals surface area contributed by atoms with E-state index in [1.165, 1.54) is 4.88 Å². The number of methoxy groups -OCH3 is 1. The zero-order valence-corrected chi connectivity index (χ0v) is 17.6. The van der Waals surface area contributed by atoms with Crippen molar-refractivity contribution in [2.45, 2.75) is 50.6 Å². The molecule has 1 aromatic carbocycles. The summed E-state index contributed by atoms with van der Waals surface area (Å²) in [6, 6.07) is 12.0. The molecule has 1 aliphatic rings. The minimum atomic E-state index is -0.353. The molecule has 1 N–H and O–H groups in total. The molecule has 6 heteroatoms. The van der Waals surface area contributed by atoms with E-state index in [-0.39, 0.29) is 23.4 Å². The summed E-state index contributed by atoms with van der Waals surface area (Å²) in [4.78, 5) is 27.8. The van der Waals surface area contributed by atoms with Gasteiger partial charge in [-0.05, 0) is 55.3 Å². The van der Waals surface area contributed by atoms with E-state index >= 15 is 0 Å². The van der Waals surface area contributed by atoms with Crippen molar-refractivity contribution in [1.29, 1.82) is 0 Å². The number of amides is 2. The SMILES string of the molecule is COc1ccc(CC2(CCC(=O)N(C)C(C)c3cccs3)CCC(=O)N2)cc1. The molecule has 150 valence electrons. The smallest absolute Gasteiger partial charge is 0.222 e. The number of carbonyl (C=O) groups is 2. The Bertz CT molecular complexity index is 804. The molecule has 3 rings (SSSR count). The van der Waals surface area contributed by atoms with Crippen LogP contribution in [0.25, 0.3) is 0 Å².